The van der Waals surface area contributed by atoms with Gasteiger partial charge >= 0.3 is 5.97 Å². The Balaban J connectivity index is 2.08. The van der Waals surface area contributed by atoms with E-state index >= 15 is 0 Å². The number of carbonyl (C=O) groups excluding carboxylic acids is 1. The van der Waals surface area contributed by atoms with Gasteiger partial charge in [0.1, 0.15) is 12.4 Å². The summed E-state index contributed by atoms with van der Waals surface area (Å²) in [6.45, 7) is 1.77. The zero-order chi connectivity index (χ0) is 14.7. The van der Waals surface area contributed by atoms with Crippen LogP contribution in [0.15, 0.2) is 36.4 Å². The molecule has 0 saturated heterocycles. The third kappa shape index (κ3) is 3.08. The molecule has 0 fully saturated rings. The molecule has 104 valence electrons. The predicted molar refractivity (Wildman–Crippen MR) is 76.1 cm³/mol. The topological polar surface area (TPSA) is 52.3 Å². The van der Waals surface area contributed by atoms with Gasteiger partial charge in [0.25, 0.3) is 0 Å². The molecule has 0 radical (unpaired) electrons. The first-order valence-corrected chi connectivity index (χ1v) is 6.33. The van der Waals surface area contributed by atoms with Gasteiger partial charge in [-0.3, -0.25) is 0 Å². The number of anilines is 1. The van der Waals surface area contributed by atoms with Gasteiger partial charge in [-0.15, -0.1) is 0 Å². The highest BCUT2D eigenvalue weighted by atomic mass is 35.5. The molecule has 0 aliphatic rings. The molecule has 0 bridgehead atoms. The largest absolute Gasteiger partial charge is 0.457 e. The first-order chi connectivity index (χ1) is 9.49. The lowest BCUT2D eigenvalue weighted by Crippen LogP contribution is -2.08. The first kappa shape index (κ1) is 14.3. The lowest BCUT2D eigenvalue weighted by Gasteiger charge is -2.09. The Morgan fingerprint density at radius 2 is 2.10 bits per heavy atom. The summed E-state index contributed by atoms with van der Waals surface area (Å²) in [7, 11) is 0. The van der Waals surface area contributed by atoms with Crippen molar-refractivity contribution in [3.63, 3.8) is 0 Å². The molecule has 0 saturated carbocycles. The smallest absolute Gasteiger partial charge is 0.338 e. The van der Waals surface area contributed by atoms with Gasteiger partial charge < -0.3 is 10.5 Å². The van der Waals surface area contributed by atoms with Crippen LogP contribution in [0.2, 0.25) is 5.02 Å². The highest BCUT2D eigenvalue weighted by Crippen LogP contribution is 2.19. The molecule has 2 aromatic carbocycles. The molecule has 0 amide bonds. The summed E-state index contributed by atoms with van der Waals surface area (Å²) in [5, 5.41) is -0.00122. The molecule has 2 N–H and O–H groups in total. The van der Waals surface area contributed by atoms with E-state index in [0.29, 0.717) is 22.4 Å². The monoisotopic (exact) mass is 293 g/mol. The Bertz CT molecular complexity index is 658. The Labute approximate surface area is 121 Å². The molecule has 20 heavy (non-hydrogen) atoms. The number of carbonyl (C=O) groups is 1. The van der Waals surface area contributed by atoms with Crippen molar-refractivity contribution in [2.45, 2.75) is 13.5 Å². The second-order valence-electron chi connectivity index (χ2n) is 4.34. The molecule has 5 heteroatoms. The van der Waals surface area contributed by atoms with Crippen molar-refractivity contribution >= 4 is 23.3 Å². The zero-order valence-electron chi connectivity index (χ0n) is 10.8. The van der Waals surface area contributed by atoms with Crippen LogP contribution in [0, 0.1) is 12.7 Å². The summed E-state index contributed by atoms with van der Waals surface area (Å²) >= 11 is 5.66. The molecule has 0 aromatic heterocycles. The van der Waals surface area contributed by atoms with E-state index in [1.54, 1.807) is 25.1 Å². The van der Waals surface area contributed by atoms with Crippen molar-refractivity contribution in [1.82, 2.24) is 0 Å². The van der Waals surface area contributed by atoms with Crippen molar-refractivity contribution in [2.75, 3.05) is 5.73 Å². The number of nitrogen functional groups attached to an aromatic ring is 1. The molecule has 2 aromatic rings. The maximum atomic E-state index is 13.0. The quantitative estimate of drug-likeness (QED) is 0.693. The normalized spacial score (nSPS) is 10.3. The molecule has 2 rings (SSSR count). The summed E-state index contributed by atoms with van der Waals surface area (Å²) < 4.78 is 18.2. The molecule has 0 aliphatic carbocycles. The fourth-order valence-electron chi connectivity index (χ4n) is 1.73. The van der Waals surface area contributed by atoms with Crippen LogP contribution in [-0.4, -0.2) is 5.97 Å². The minimum absolute atomic E-state index is 0.00122. The summed E-state index contributed by atoms with van der Waals surface area (Å²) in [5.41, 5.74) is 7.97. The van der Waals surface area contributed by atoms with E-state index in [4.69, 9.17) is 22.1 Å². The zero-order valence-corrected chi connectivity index (χ0v) is 11.6. The lowest BCUT2D eigenvalue weighted by molar-refractivity contribution is 0.0472. The molecule has 0 aliphatic heterocycles. The summed E-state index contributed by atoms with van der Waals surface area (Å²) in [6.07, 6.45) is 0. The van der Waals surface area contributed by atoms with Gasteiger partial charge in [0, 0.05) is 5.69 Å². The Kier molecular flexibility index (Phi) is 4.25. The minimum atomic E-state index is -0.506. The second kappa shape index (κ2) is 5.92. The number of benzene rings is 2. The predicted octanol–water partition coefficient (Wildman–Crippen LogP) is 3.73. The molecular formula is C15H13ClFNO2. The van der Waals surface area contributed by atoms with Gasteiger partial charge in [-0.2, -0.15) is 0 Å². The van der Waals surface area contributed by atoms with Crippen molar-refractivity contribution in [2.24, 2.45) is 0 Å². The van der Waals surface area contributed by atoms with Crippen LogP contribution in [0.25, 0.3) is 0 Å². The highest BCUT2D eigenvalue weighted by molar-refractivity contribution is 6.30. The van der Waals surface area contributed by atoms with Crippen LogP contribution in [0.3, 0.4) is 0 Å². The Morgan fingerprint density at radius 3 is 2.80 bits per heavy atom. The second-order valence-corrected chi connectivity index (χ2v) is 4.75. The van der Waals surface area contributed by atoms with Crippen LogP contribution in [-0.2, 0) is 11.3 Å². The Morgan fingerprint density at radius 1 is 1.35 bits per heavy atom. The van der Waals surface area contributed by atoms with Crippen molar-refractivity contribution in [1.29, 1.82) is 0 Å². The Hall–Kier alpha value is -2.07. The SMILES string of the molecule is Cc1c(N)cccc1C(=O)OCc1ccc(F)c(Cl)c1. The third-order valence-electron chi connectivity index (χ3n) is 2.95. The van der Waals surface area contributed by atoms with Gasteiger partial charge in [0.15, 0.2) is 0 Å². The average Bonchev–Trinajstić information content (AvgIpc) is 2.43. The van der Waals surface area contributed by atoms with Crippen molar-refractivity contribution in [3.05, 3.63) is 63.9 Å². The van der Waals surface area contributed by atoms with E-state index in [1.807, 2.05) is 0 Å². The van der Waals surface area contributed by atoms with Gasteiger partial charge in [-0.1, -0.05) is 23.7 Å². The minimum Gasteiger partial charge on any atom is -0.457 e. The number of hydrogen-bond acceptors (Lipinski definition) is 3. The number of hydrogen-bond donors (Lipinski definition) is 1. The van der Waals surface area contributed by atoms with Crippen LogP contribution in [0.4, 0.5) is 10.1 Å². The summed E-state index contributed by atoms with van der Waals surface area (Å²) in [6, 6.07) is 9.22. The number of esters is 1. The molecular weight excluding hydrogens is 281 g/mol. The fourth-order valence-corrected chi connectivity index (χ4v) is 1.93. The molecule has 0 atom stereocenters. The van der Waals surface area contributed by atoms with E-state index in [-0.39, 0.29) is 11.6 Å². The van der Waals surface area contributed by atoms with E-state index in [2.05, 4.69) is 0 Å². The van der Waals surface area contributed by atoms with Crippen LogP contribution >= 0.6 is 11.6 Å². The lowest BCUT2D eigenvalue weighted by atomic mass is 10.1. The standard InChI is InChI=1S/C15H13ClFNO2/c1-9-11(3-2-4-14(9)18)15(19)20-8-10-5-6-13(17)12(16)7-10/h2-7H,8,18H2,1H3. The van der Waals surface area contributed by atoms with Crippen molar-refractivity contribution in [3.8, 4) is 0 Å². The van der Waals surface area contributed by atoms with Crippen LogP contribution in [0.5, 0.6) is 0 Å². The molecule has 0 unspecified atom stereocenters. The first-order valence-electron chi connectivity index (χ1n) is 5.95. The van der Waals surface area contributed by atoms with E-state index in [0.717, 1.165) is 0 Å². The van der Waals surface area contributed by atoms with Crippen LogP contribution < -0.4 is 5.73 Å². The van der Waals surface area contributed by atoms with E-state index < -0.39 is 11.8 Å². The van der Waals surface area contributed by atoms with E-state index in [9.17, 15) is 9.18 Å². The number of ether oxygens (including phenoxy) is 1. The maximum Gasteiger partial charge on any atom is 0.338 e. The van der Waals surface area contributed by atoms with Gasteiger partial charge in [0.2, 0.25) is 0 Å². The van der Waals surface area contributed by atoms with Gasteiger partial charge in [-0.05, 0) is 42.3 Å². The molecule has 0 heterocycles. The van der Waals surface area contributed by atoms with Crippen molar-refractivity contribution < 1.29 is 13.9 Å². The molecule has 3 nitrogen and oxygen atoms in total. The summed E-state index contributed by atoms with van der Waals surface area (Å²) in [5.74, 6) is -0.983. The van der Waals surface area contributed by atoms with Crippen LogP contribution in [0.1, 0.15) is 21.5 Å². The highest BCUT2D eigenvalue weighted by Gasteiger charge is 2.12. The molecule has 0 spiro atoms. The van der Waals surface area contributed by atoms with Gasteiger partial charge in [-0.25, -0.2) is 9.18 Å². The van der Waals surface area contributed by atoms with Gasteiger partial charge in [0.05, 0.1) is 10.6 Å². The average molecular weight is 294 g/mol. The number of nitrogens with two attached hydrogens (primary N) is 1. The van der Waals surface area contributed by atoms with E-state index in [1.165, 1.54) is 18.2 Å². The number of halogens is 2. The third-order valence-corrected chi connectivity index (χ3v) is 3.24. The fraction of sp³-hybridized carbons (Fsp3) is 0.133. The summed E-state index contributed by atoms with van der Waals surface area (Å²) in [4.78, 5) is 12.0. The maximum absolute atomic E-state index is 13.0. The number of rotatable bonds is 3.